The Balaban J connectivity index is 2.42. The summed E-state index contributed by atoms with van der Waals surface area (Å²) in [5, 5.41) is 8.86. The minimum absolute atomic E-state index is 0.0807. The van der Waals surface area contributed by atoms with Crippen LogP contribution in [0.4, 0.5) is 4.39 Å². The third kappa shape index (κ3) is 2.06. The molecule has 2 aromatic rings. The summed E-state index contributed by atoms with van der Waals surface area (Å²) in [6.45, 7) is 1.73. The first-order valence-electron chi connectivity index (χ1n) is 4.89. The lowest BCUT2D eigenvalue weighted by atomic mass is 10.1. The highest BCUT2D eigenvalue weighted by molar-refractivity contribution is 5.59. The predicted octanol–water partition coefficient (Wildman–Crippen LogP) is 2.08. The normalized spacial score (nSPS) is 10.4. The summed E-state index contributed by atoms with van der Waals surface area (Å²) in [7, 11) is 0. The molecule has 0 spiro atoms. The molecule has 0 unspecified atom stereocenters. The van der Waals surface area contributed by atoms with Crippen molar-refractivity contribution in [3.05, 3.63) is 47.5 Å². The summed E-state index contributed by atoms with van der Waals surface area (Å²) < 4.78 is 12.9. The van der Waals surface area contributed by atoms with E-state index in [0.29, 0.717) is 11.4 Å². The molecule has 0 aliphatic rings. The molecule has 0 bridgehead atoms. The Bertz CT molecular complexity index is 497. The van der Waals surface area contributed by atoms with Crippen LogP contribution < -0.4 is 0 Å². The molecular formula is C12H11FN2O. The molecule has 0 fully saturated rings. The zero-order valence-corrected chi connectivity index (χ0v) is 8.81. The third-order valence-corrected chi connectivity index (χ3v) is 2.32. The van der Waals surface area contributed by atoms with Crippen molar-refractivity contribution in [1.82, 2.24) is 9.97 Å². The fourth-order valence-corrected chi connectivity index (χ4v) is 1.45. The molecule has 16 heavy (non-hydrogen) atoms. The van der Waals surface area contributed by atoms with Gasteiger partial charge < -0.3 is 5.11 Å². The van der Waals surface area contributed by atoms with Crippen molar-refractivity contribution in [2.45, 2.75) is 13.5 Å². The average Bonchev–Trinajstić information content (AvgIpc) is 2.29. The van der Waals surface area contributed by atoms with Gasteiger partial charge in [-0.05, 0) is 30.7 Å². The molecule has 1 aromatic carbocycles. The minimum Gasteiger partial charge on any atom is -0.392 e. The third-order valence-electron chi connectivity index (χ3n) is 2.32. The van der Waals surface area contributed by atoms with Crippen molar-refractivity contribution in [2.75, 3.05) is 0 Å². The molecule has 0 saturated heterocycles. The van der Waals surface area contributed by atoms with E-state index in [1.165, 1.54) is 12.1 Å². The van der Waals surface area contributed by atoms with Crippen LogP contribution in [-0.2, 0) is 6.61 Å². The molecule has 3 nitrogen and oxygen atoms in total. The molecular weight excluding hydrogens is 207 g/mol. The summed E-state index contributed by atoms with van der Waals surface area (Å²) in [6.07, 6.45) is 3.12. The Morgan fingerprint density at radius 1 is 1.25 bits per heavy atom. The van der Waals surface area contributed by atoms with Crippen molar-refractivity contribution in [3.8, 4) is 11.4 Å². The van der Waals surface area contributed by atoms with Crippen molar-refractivity contribution in [3.63, 3.8) is 0 Å². The van der Waals surface area contributed by atoms with Gasteiger partial charge in [-0.25, -0.2) is 14.4 Å². The second-order valence-corrected chi connectivity index (χ2v) is 3.53. The highest BCUT2D eigenvalue weighted by Crippen LogP contribution is 2.20. The summed E-state index contributed by atoms with van der Waals surface area (Å²) in [6, 6.07) is 4.48. The van der Waals surface area contributed by atoms with Crippen LogP contribution in [-0.4, -0.2) is 15.1 Å². The van der Waals surface area contributed by atoms with Gasteiger partial charge in [0.05, 0.1) is 6.61 Å². The fourth-order valence-electron chi connectivity index (χ4n) is 1.45. The van der Waals surface area contributed by atoms with Crippen LogP contribution in [0.3, 0.4) is 0 Å². The number of rotatable bonds is 2. The van der Waals surface area contributed by atoms with Gasteiger partial charge in [0.25, 0.3) is 0 Å². The van der Waals surface area contributed by atoms with Gasteiger partial charge in [-0.1, -0.05) is 0 Å². The van der Waals surface area contributed by atoms with Crippen molar-refractivity contribution < 1.29 is 9.50 Å². The number of aromatic nitrogens is 2. The van der Waals surface area contributed by atoms with E-state index >= 15 is 0 Å². The van der Waals surface area contributed by atoms with Crippen LogP contribution in [0.1, 0.15) is 11.1 Å². The lowest BCUT2D eigenvalue weighted by molar-refractivity contribution is 0.281. The second kappa shape index (κ2) is 4.37. The first-order chi connectivity index (χ1) is 7.70. The van der Waals surface area contributed by atoms with E-state index in [4.69, 9.17) is 5.11 Å². The molecule has 0 aliphatic heterocycles. The van der Waals surface area contributed by atoms with E-state index in [-0.39, 0.29) is 12.4 Å². The molecule has 82 valence electrons. The van der Waals surface area contributed by atoms with E-state index in [2.05, 4.69) is 9.97 Å². The van der Waals surface area contributed by atoms with Gasteiger partial charge in [-0.15, -0.1) is 0 Å². The van der Waals surface area contributed by atoms with E-state index < -0.39 is 0 Å². The SMILES string of the molecule is Cc1cc(F)ccc1-c1ncc(CO)cn1. The second-order valence-electron chi connectivity index (χ2n) is 3.53. The Morgan fingerprint density at radius 3 is 2.50 bits per heavy atom. The van der Waals surface area contributed by atoms with Gasteiger partial charge in [0.2, 0.25) is 0 Å². The number of aliphatic hydroxyl groups excluding tert-OH is 1. The predicted molar refractivity (Wildman–Crippen MR) is 58.1 cm³/mol. The topological polar surface area (TPSA) is 46.0 Å². The summed E-state index contributed by atoms with van der Waals surface area (Å²) in [4.78, 5) is 8.23. The molecule has 4 heteroatoms. The van der Waals surface area contributed by atoms with Crippen LogP contribution in [0.25, 0.3) is 11.4 Å². The van der Waals surface area contributed by atoms with Gasteiger partial charge in [-0.3, -0.25) is 0 Å². The average molecular weight is 218 g/mol. The van der Waals surface area contributed by atoms with Crippen molar-refractivity contribution in [1.29, 1.82) is 0 Å². The number of aryl methyl sites for hydroxylation is 1. The Morgan fingerprint density at radius 2 is 1.94 bits per heavy atom. The highest BCUT2D eigenvalue weighted by atomic mass is 19.1. The lowest BCUT2D eigenvalue weighted by Gasteiger charge is -2.04. The maximum Gasteiger partial charge on any atom is 0.159 e. The van der Waals surface area contributed by atoms with Crippen molar-refractivity contribution >= 4 is 0 Å². The summed E-state index contributed by atoms with van der Waals surface area (Å²) in [5.41, 5.74) is 2.24. The van der Waals surface area contributed by atoms with E-state index in [1.807, 2.05) is 6.92 Å². The zero-order valence-electron chi connectivity index (χ0n) is 8.81. The molecule has 1 heterocycles. The Labute approximate surface area is 92.6 Å². The number of benzene rings is 1. The molecule has 2 rings (SSSR count). The molecule has 0 saturated carbocycles. The quantitative estimate of drug-likeness (QED) is 0.839. The van der Waals surface area contributed by atoms with Gasteiger partial charge in [0, 0.05) is 23.5 Å². The first kappa shape index (κ1) is 10.7. The molecule has 1 N–H and O–H groups in total. The van der Waals surface area contributed by atoms with E-state index in [0.717, 1.165) is 11.1 Å². The number of nitrogens with zero attached hydrogens (tertiary/aromatic N) is 2. The largest absolute Gasteiger partial charge is 0.392 e. The maximum atomic E-state index is 12.9. The van der Waals surface area contributed by atoms with Crippen molar-refractivity contribution in [2.24, 2.45) is 0 Å². The highest BCUT2D eigenvalue weighted by Gasteiger charge is 2.05. The minimum atomic E-state index is -0.270. The molecule has 0 atom stereocenters. The molecule has 0 aliphatic carbocycles. The van der Waals surface area contributed by atoms with Crippen LogP contribution in [0.15, 0.2) is 30.6 Å². The van der Waals surface area contributed by atoms with Crippen LogP contribution in [0.2, 0.25) is 0 Å². The number of hydrogen-bond donors (Lipinski definition) is 1. The number of aliphatic hydroxyl groups is 1. The lowest BCUT2D eigenvalue weighted by Crippen LogP contribution is -1.94. The van der Waals surface area contributed by atoms with Gasteiger partial charge in [0.1, 0.15) is 5.82 Å². The van der Waals surface area contributed by atoms with E-state index in [9.17, 15) is 4.39 Å². The van der Waals surface area contributed by atoms with Crippen LogP contribution in [0.5, 0.6) is 0 Å². The van der Waals surface area contributed by atoms with Gasteiger partial charge in [0.15, 0.2) is 5.82 Å². The van der Waals surface area contributed by atoms with Crippen LogP contribution in [0, 0.1) is 12.7 Å². The zero-order chi connectivity index (χ0) is 11.5. The molecule has 0 amide bonds. The monoisotopic (exact) mass is 218 g/mol. The number of hydrogen-bond acceptors (Lipinski definition) is 3. The first-order valence-corrected chi connectivity index (χ1v) is 4.89. The Hall–Kier alpha value is -1.81. The van der Waals surface area contributed by atoms with E-state index in [1.54, 1.807) is 18.5 Å². The smallest absolute Gasteiger partial charge is 0.159 e. The summed E-state index contributed by atoms with van der Waals surface area (Å²) in [5.74, 6) is 0.267. The maximum absolute atomic E-state index is 12.9. The van der Waals surface area contributed by atoms with Crippen LogP contribution >= 0.6 is 0 Å². The fraction of sp³-hybridized carbons (Fsp3) is 0.167. The molecule has 0 radical (unpaired) electrons. The Kier molecular flexibility index (Phi) is 2.92. The number of halogens is 1. The van der Waals surface area contributed by atoms with Gasteiger partial charge in [-0.2, -0.15) is 0 Å². The molecule has 1 aromatic heterocycles. The van der Waals surface area contributed by atoms with Gasteiger partial charge >= 0.3 is 0 Å². The summed E-state index contributed by atoms with van der Waals surface area (Å²) >= 11 is 0. The standard InChI is InChI=1S/C12H11FN2O/c1-8-4-10(13)2-3-11(8)12-14-5-9(7-16)6-15-12/h2-6,16H,7H2,1H3.